The van der Waals surface area contributed by atoms with Crippen molar-refractivity contribution in [2.24, 2.45) is 0 Å². The van der Waals surface area contributed by atoms with Crippen LogP contribution in [0.1, 0.15) is 16.8 Å². The molecule has 1 heterocycles. The third-order valence-corrected chi connectivity index (χ3v) is 3.02. The number of rotatable bonds is 0. The Morgan fingerprint density at radius 1 is 1.47 bits per heavy atom. The van der Waals surface area contributed by atoms with Crippen LogP contribution in [0.3, 0.4) is 0 Å². The fraction of sp³-hybridized carbons (Fsp3) is 0.200. The van der Waals surface area contributed by atoms with Crippen LogP contribution < -0.4 is 4.90 Å². The number of fused-ring (bicyclic) bond motifs is 1. The largest absolute Gasteiger partial charge is 0.465 e. The minimum atomic E-state index is -1.03. The summed E-state index contributed by atoms with van der Waals surface area (Å²) in [6.07, 6.45) is -0.788. The summed E-state index contributed by atoms with van der Waals surface area (Å²) in [6.45, 7) is 0.234. The van der Waals surface area contributed by atoms with E-state index in [9.17, 15) is 9.59 Å². The minimum absolute atomic E-state index is 0.0185. The molecule has 0 aliphatic carbocycles. The highest BCUT2D eigenvalue weighted by Crippen LogP contribution is 2.32. The summed E-state index contributed by atoms with van der Waals surface area (Å²) in [5.41, 5.74) is 0.930. The van der Waals surface area contributed by atoms with Crippen LogP contribution in [0.4, 0.5) is 10.5 Å². The highest BCUT2D eigenvalue weighted by atomic mass is 79.9. The molecule has 1 N–H and O–H groups in total. The van der Waals surface area contributed by atoms with Gasteiger partial charge >= 0.3 is 6.09 Å². The van der Waals surface area contributed by atoms with Gasteiger partial charge in [0.25, 0.3) is 0 Å². The molecule has 0 bridgehead atoms. The van der Waals surface area contributed by atoms with Gasteiger partial charge in [-0.3, -0.25) is 9.69 Å². The Morgan fingerprint density at radius 2 is 2.20 bits per heavy atom. The maximum Gasteiger partial charge on any atom is 0.411 e. The van der Waals surface area contributed by atoms with Gasteiger partial charge < -0.3 is 5.11 Å². The predicted molar refractivity (Wildman–Crippen MR) is 58.5 cm³/mol. The van der Waals surface area contributed by atoms with Crippen molar-refractivity contribution in [1.82, 2.24) is 0 Å². The van der Waals surface area contributed by atoms with Gasteiger partial charge in [-0.1, -0.05) is 6.07 Å². The fourth-order valence-corrected chi connectivity index (χ4v) is 2.25. The number of carbonyl (C=O) groups excluding carboxylic acids is 1. The molecule has 0 aromatic heterocycles. The van der Waals surface area contributed by atoms with Gasteiger partial charge in [0.1, 0.15) is 0 Å². The Labute approximate surface area is 94.6 Å². The first-order valence-electron chi connectivity index (χ1n) is 4.43. The number of halogens is 1. The molecule has 2 rings (SSSR count). The Hall–Kier alpha value is -1.36. The quantitative estimate of drug-likeness (QED) is 0.788. The number of amides is 1. The number of carbonyl (C=O) groups is 2. The number of Topliss-reactive ketones (excluding diaryl/α,β-unsaturated/α-hetero) is 1. The highest BCUT2D eigenvalue weighted by molar-refractivity contribution is 9.10. The summed E-state index contributed by atoms with van der Waals surface area (Å²) >= 11 is 3.26. The molecule has 0 atom stereocenters. The van der Waals surface area contributed by atoms with Crippen LogP contribution in [-0.2, 0) is 0 Å². The van der Waals surface area contributed by atoms with Crippen molar-refractivity contribution in [3.63, 3.8) is 0 Å². The SMILES string of the molecule is O=C1CCN(C(=O)O)c2cccc(Br)c21. The molecule has 0 saturated carbocycles. The molecule has 1 amide bonds. The van der Waals surface area contributed by atoms with Crippen molar-refractivity contribution < 1.29 is 14.7 Å². The second kappa shape index (κ2) is 3.66. The Bertz CT molecular complexity index is 444. The van der Waals surface area contributed by atoms with Gasteiger partial charge in [0.2, 0.25) is 0 Å². The Kier molecular flexibility index (Phi) is 2.48. The first-order chi connectivity index (χ1) is 7.11. The lowest BCUT2D eigenvalue weighted by atomic mass is 10.0. The van der Waals surface area contributed by atoms with Crippen molar-refractivity contribution in [3.8, 4) is 0 Å². The number of carboxylic acid groups (broad SMARTS) is 1. The number of ketones is 1. The fourth-order valence-electron chi connectivity index (χ4n) is 1.67. The third-order valence-electron chi connectivity index (χ3n) is 2.35. The molecule has 15 heavy (non-hydrogen) atoms. The van der Waals surface area contributed by atoms with Crippen LogP contribution in [0, 0.1) is 0 Å². The lowest BCUT2D eigenvalue weighted by molar-refractivity contribution is 0.0979. The maximum absolute atomic E-state index is 11.6. The zero-order valence-electron chi connectivity index (χ0n) is 7.74. The average Bonchev–Trinajstić information content (AvgIpc) is 2.17. The third kappa shape index (κ3) is 1.63. The molecule has 0 unspecified atom stereocenters. The van der Waals surface area contributed by atoms with Crippen molar-refractivity contribution in [1.29, 1.82) is 0 Å². The molecule has 1 aliphatic heterocycles. The summed E-state index contributed by atoms with van der Waals surface area (Å²) < 4.78 is 0.649. The number of hydrogen-bond acceptors (Lipinski definition) is 2. The first-order valence-corrected chi connectivity index (χ1v) is 5.22. The van der Waals surface area contributed by atoms with E-state index in [2.05, 4.69) is 15.9 Å². The summed E-state index contributed by atoms with van der Waals surface area (Å²) in [4.78, 5) is 23.8. The number of benzene rings is 1. The second-order valence-electron chi connectivity index (χ2n) is 3.24. The molecule has 0 spiro atoms. The van der Waals surface area contributed by atoms with Gasteiger partial charge in [-0.25, -0.2) is 4.79 Å². The van der Waals surface area contributed by atoms with Gasteiger partial charge in [-0.2, -0.15) is 0 Å². The van der Waals surface area contributed by atoms with E-state index in [1.54, 1.807) is 18.2 Å². The van der Waals surface area contributed by atoms with E-state index in [0.29, 0.717) is 15.7 Å². The van der Waals surface area contributed by atoms with Crippen molar-refractivity contribution in [2.45, 2.75) is 6.42 Å². The van der Waals surface area contributed by atoms with Gasteiger partial charge in [-0.05, 0) is 28.1 Å². The molecular formula is C10H8BrNO3. The standard InChI is InChI=1S/C10H8BrNO3/c11-6-2-1-3-7-9(6)8(13)4-5-12(7)10(14)15/h1-3H,4-5H2,(H,14,15). The van der Waals surface area contributed by atoms with Gasteiger partial charge in [0.15, 0.2) is 5.78 Å². The van der Waals surface area contributed by atoms with E-state index in [4.69, 9.17) is 5.11 Å². The van der Waals surface area contributed by atoms with Crippen molar-refractivity contribution in [2.75, 3.05) is 11.4 Å². The van der Waals surface area contributed by atoms with Crippen molar-refractivity contribution in [3.05, 3.63) is 28.2 Å². The van der Waals surface area contributed by atoms with E-state index in [-0.39, 0.29) is 18.7 Å². The zero-order chi connectivity index (χ0) is 11.0. The maximum atomic E-state index is 11.6. The normalized spacial score (nSPS) is 15.0. The molecular weight excluding hydrogens is 262 g/mol. The van der Waals surface area contributed by atoms with E-state index in [0.717, 1.165) is 0 Å². The molecule has 1 aromatic rings. The summed E-state index contributed by atoms with van der Waals surface area (Å²) in [7, 11) is 0. The van der Waals surface area contributed by atoms with E-state index in [1.165, 1.54) is 4.90 Å². The molecule has 78 valence electrons. The molecule has 0 saturated heterocycles. The van der Waals surface area contributed by atoms with Crippen LogP contribution in [-0.4, -0.2) is 23.5 Å². The summed E-state index contributed by atoms with van der Waals surface area (Å²) in [5.74, 6) is -0.0185. The predicted octanol–water partition coefficient (Wildman–Crippen LogP) is 2.52. The zero-order valence-corrected chi connectivity index (χ0v) is 9.32. The molecule has 5 heteroatoms. The Morgan fingerprint density at radius 3 is 2.87 bits per heavy atom. The van der Waals surface area contributed by atoms with Gasteiger partial charge in [0, 0.05) is 17.4 Å². The van der Waals surface area contributed by atoms with Crippen LogP contribution >= 0.6 is 15.9 Å². The second-order valence-corrected chi connectivity index (χ2v) is 4.10. The first kappa shape index (κ1) is 10.2. The Balaban J connectivity index is 2.60. The minimum Gasteiger partial charge on any atom is -0.465 e. The monoisotopic (exact) mass is 269 g/mol. The lowest BCUT2D eigenvalue weighted by Crippen LogP contribution is -2.36. The van der Waals surface area contributed by atoms with Crippen molar-refractivity contribution >= 4 is 33.5 Å². The smallest absolute Gasteiger partial charge is 0.411 e. The van der Waals surface area contributed by atoms with Gasteiger partial charge in [-0.15, -0.1) is 0 Å². The van der Waals surface area contributed by atoms with Crippen LogP contribution in [0.2, 0.25) is 0 Å². The number of hydrogen-bond donors (Lipinski definition) is 1. The van der Waals surface area contributed by atoms with Gasteiger partial charge in [0.05, 0.1) is 11.3 Å². The molecule has 4 nitrogen and oxygen atoms in total. The van der Waals surface area contributed by atoms with Crippen LogP contribution in [0.25, 0.3) is 0 Å². The molecule has 0 fully saturated rings. The number of nitrogens with zero attached hydrogens (tertiary/aromatic N) is 1. The number of anilines is 1. The topological polar surface area (TPSA) is 57.6 Å². The van der Waals surface area contributed by atoms with E-state index in [1.807, 2.05) is 0 Å². The van der Waals surface area contributed by atoms with Crippen LogP contribution in [0.15, 0.2) is 22.7 Å². The van der Waals surface area contributed by atoms with E-state index < -0.39 is 6.09 Å². The summed E-state index contributed by atoms with van der Waals surface area (Å²) in [5, 5.41) is 8.96. The van der Waals surface area contributed by atoms with Crippen LogP contribution in [0.5, 0.6) is 0 Å². The molecule has 0 radical (unpaired) electrons. The van der Waals surface area contributed by atoms with E-state index >= 15 is 0 Å². The molecule has 1 aliphatic rings. The average molecular weight is 270 g/mol. The summed E-state index contributed by atoms with van der Waals surface area (Å²) in [6, 6.07) is 5.10. The molecule has 1 aromatic carbocycles. The highest BCUT2D eigenvalue weighted by Gasteiger charge is 2.28. The lowest BCUT2D eigenvalue weighted by Gasteiger charge is -2.26.